The van der Waals surface area contributed by atoms with Crippen LogP contribution in [-0.2, 0) is 4.74 Å². The van der Waals surface area contributed by atoms with Gasteiger partial charge in [-0.1, -0.05) is 0 Å². The second-order valence-corrected chi connectivity index (χ2v) is 4.51. The van der Waals surface area contributed by atoms with Crippen LogP contribution in [0.1, 0.15) is 18.5 Å². The second-order valence-electron chi connectivity index (χ2n) is 4.51. The predicted octanol–water partition coefficient (Wildman–Crippen LogP) is 3.45. The van der Waals surface area contributed by atoms with Gasteiger partial charge in [-0.3, -0.25) is 0 Å². The minimum atomic E-state index is -2.63. The average Bonchev–Trinajstić information content (AvgIpc) is 3.10. The Balaban J connectivity index is 1.71. The summed E-state index contributed by atoms with van der Waals surface area (Å²) >= 11 is 0. The van der Waals surface area contributed by atoms with Crippen LogP contribution in [0.2, 0.25) is 0 Å². The molecule has 2 aromatic rings. The van der Waals surface area contributed by atoms with Crippen molar-refractivity contribution in [1.29, 1.82) is 0 Å². The summed E-state index contributed by atoms with van der Waals surface area (Å²) in [5, 5.41) is 0. The fraction of sp³-hybridized carbons (Fsp3) is 0.357. The Labute approximate surface area is 114 Å². The topological polar surface area (TPSA) is 44.5 Å². The van der Waals surface area contributed by atoms with Crippen LogP contribution in [0.4, 0.5) is 8.78 Å². The summed E-state index contributed by atoms with van der Waals surface area (Å²) in [6.45, 7) is 1.31. The van der Waals surface area contributed by atoms with Crippen molar-refractivity contribution in [1.82, 2.24) is 4.98 Å². The zero-order valence-corrected chi connectivity index (χ0v) is 10.6. The highest BCUT2D eigenvalue weighted by molar-refractivity contribution is 5.54. The molecule has 4 nitrogen and oxygen atoms in total. The first-order valence-corrected chi connectivity index (χ1v) is 6.31. The fourth-order valence-electron chi connectivity index (χ4n) is 1.99. The minimum absolute atomic E-state index is 0.0769. The molecule has 2 heterocycles. The summed E-state index contributed by atoms with van der Waals surface area (Å²) in [6.07, 6.45) is -0.704. The van der Waals surface area contributed by atoms with Crippen molar-refractivity contribution < 1.29 is 22.7 Å². The summed E-state index contributed by atoms with van der Waals surface area (Å²) in [4.78, 5) is 3.74. The van der Waals surface area contributed by atoms with Gasteiger partial charge < -0.3 is 13.9 Å². The van der Waals surface area contributed by atoms with Crippen molar-refractivity contribution in [3.63, 3.8) is 0 Å². The first-order chi connectivity index (χ1) is 9.72. The van der Waals surface area contributed by atoms with Gasteiger partial charge in [0.25, 0.3) is 6.43 Å². The SMILES string of the molecule is FC(F)c1coc(-c2ccc(OC3CCOC3)cc2)n1. The lowest BCUT2D eigenvalue weighted by Crippen LogP contribution is -2.15. The number of alkyl halides is 2. The molecule has 1 aliphatic rings. The summed E-state index contributed by atoms with van der Waals surface area (Å²) in [7, 11) is 0. The van der Waals surface area contributed by atoms with E-state index in [2.05, 4.69) is 4.98 Å². The average molecular weight is 281 g/mol. The number of oxazole rings is 1. The zero-order chi connectivity index (χ0) is 13.9. The van der Waals surface area contributed by atoms with Gasteiger partial charge in [-0.2, -0.15) is 0 Å². The van der Waals surface area contributed by atoms with E-state index in [0.717, 1.165) is 19.3 Å². The normalized spacial score (nSPS) is 18.6. The van der Waals surface area contributed by atoms with E-state index < -0.39 is 6.43 Å². The van der Waals surface area contributed by atoms with E-state index in [-0.39, 0.29) is 17.7 Å². The number of halogens is 2. The van der Waals surface area contributed by atoms with Crippen LogP contribution in [0.3, 0.4) is 0 Å². The summed E-state index contributed by atoms with van der Waals surface area (Å²) in [5.74, 6) is 0.890. The molecule has 0 saturated carbocycles. The maximum Gasteiger partial charge on any atom is 0.283 e. The maximum atomic E-state index is 12.4. The van der Waals surface area contributed by atoms with E-state index in [1.54, 1.807) is 24.3 Å². The summed E-state index contributed by atoms with van der Waals surface area (Å²) in [5.41, 5.74) is 0.273. The van der Waals surface area contributed by atoms with Gasteiger partial charge in [0.2, 0.25) is 5.89 Å². The lowest BCUT2D eigenvalue weighted by atomic mass is 10.2. The maximum absolute atomic E-state index is 12.4. The highest BCUT2D eigenvalue weighted by Gasteiger charge is 2.17. The van der Waals surface area contributed by atoms with Gasteiger partial charge in [-0.05, 0) is 24.3 Å². The predicted molar refractivity (Wildman–Crippen MR) is 66.7 cm³/mol. The Kier molecular flexibility index (Phi) is 3.64. The molecule has 0 radical (unpaired) electrons. The molecule has 106 valence electrons. The Bertz CT molecular complexity index is 562. The van der Waals surface area contributed by atoms with E-state index >= 15 is 0 Å². The van der Waals surface area contributed by atoms with E-state index in [0.29, 0.717) is 17.9 Å². The van der Waals surface area contributed by atoms with E-state index in [1.807, 2.05) is 0 Å². The van der Waals surface area contributed by atoms with Crippen molar-refractivity contribution >= 4 is 0 Å². The zero-order valence-electron chi connectivity index (χ0n) is 10.6. The summed E-state index contributed by atoms with van der Waals surface area (Å²) < 4.78 is 40.8. The van der Waals surface area contributed by atoms with Gasteiger partial charge in [0, 0.05) is 12.0 Å². The van der Waals surface area contributed by atoms with Crippen LogP contribution >= 0.6 is 0 Å². The number of ether oxygens (including phenoxy) is 2. The number of hydrogen-bond acceptors (Lipinski definition) is 4. The molecule has 1 saturated heterocycles. The monoisotopic (exact) mass is 281 g/mol. The molecule has 1 aromatic heterocycles. The third-order valence-corrected chi connectivity index (χ3v) is 3.04. The molecule has 6 heteroatoms. The molecule has 3 rings (SSSR count). The van der Waals surface area contributed by atoms with Crippen LogP contribution in [0.5, 0.6) is 5.75 Å². The highest BCUT2D eigenvalue weighted by atomic mass is 19.3. The van der Waals surface area contributed by atoms with Gasteiger partial charge in [0.15, 0.2) is 0 Å². The molecule has 1 aliphatic heterocycles. The first kappa shape index (κ1) is 13.1. The molecular formula is C14H13F2NO3. The Morgan fingerprint density at radius 2 is 2.05 bits per heavy atom. The number of aromatic nitrogens is 1. The van der Waals surface area contributed by atoms with E-state index in [1.165, 1.54) is 0 Å². The number of rotatable bonds is 4. The third-order valence-electron chi connectivity index (χ3n) is 3.04. The van der Waals surface area contributed by atoms with E-state index in [9.17, 15) is 8.78 Å². The molecule has 1 atom stereocenters. The van der Waals surface area contributed by atoms with Crippen molar-refractivity contribution in [2.45, 2.75) is 19.0 Å². The highest BCUT2D eigenvalue weighted by Crippen LogP contribution is 2.26. The van der Waals surface area contributed by atoms with E-state index in [4.69, 9.17) is 13.9 Å². The Morgan fingerprint density at radius 1 is 1.25 bits per heavy atom. The van der Waals surface area contributed by atoms with Crippen LogP contribution in [-0.4, -0.2) is 24.3 Å². The van der Waals surface area contributed by atoms with Crippen LogP contribution in [0.15, 0.2) is 34.9 Å². The largest absolute Gasteiger partial charge is 0.488 e. The quantitative estimate of drug-likeness (QED) is 0.861. The van der Waals surface area contributed by atoms with Crippen molar-refractivity contribution in [3.05, 3.63) is 36.2 Å². The van der Waals surface area contributed by atoms with Gasteiger partial charge in [-0.25, -0.2) is 13.8 Å². The molecule has 1 aromatic carbocycles. The van der Waals surface area contributed by atoms with Crippen molar-refractivity contribution in [2.75, 3.05) is 13.2 Å². The van der Waals surface area contributed by atoms with Crippen molar-refractivity contribution in [3.8, 4) is 17.2 Å². The molecule has 0 bridgehead atoms. The second kappa shape index (κ2) is 5.58. The Morgan fingerprint density at radius 3 is 2.65 bits per heavy atom. The summed E-state index contributed by atoms with van der Waals surface area (Å²) in [6, 6.07) is 6.98. The molecule has 0 spiro atoms. The molecule has 0 N–H and O–H groups in total. The molecule has 1 fully saturated rings. The van der Waals surface area contributed by atoms with Crippen LogP contribution < -0.4 is 4.74 Å². The smallest absolute Gasteiger partial charge is 0.283 e. The van der Waals surface area contributed by atoms with Gasteiger partial charge in [0.1, 0.15) is 23.8 Å². The molecule has 20 heavy (non-hydrogen) atoms. The Hall–Kier alpha value is -1.95. The van der Waals surface area contributed by atoms with Gasteiger partial charge >= 0.3 is 0 Å². The number of nitrogens with zero attached hydrogens (tertiary/aromatic N) is 1. The van der Waals surface area contributed by atoms with Crippen LogP contribution in [0.25, 0.3) is 11.5 Å². The first-order valence-electron chi connectivity index (χ1n) is 6.31. The fourth-order valence-corrected chi connectivity index (χ4v) is 1.99. The molecule has 0 amide bonds. The lowest BCUT2D eigenvalue weighted by Gasteiger charge is -2.11. The minimum Gasteiger partial charge on any atom is -0.488 e. The number of hydrogen-bond donors (Lipinski definition) is 0. The number of benzene rings is 1. The molecule has 1 unspecified atom stereocenters. The van der Waals surface area contributed by atoms with Crippen LogP contribution in [0, 0.1) is 0 Å². The molecular weight excluding hydrogens is 268 g/mol. The van der Waals surface area contributed by atoms with Crippen molar-refractivity contribution in [2.24, 2.45) is 0 Å². The standard InChI is InChI=1S/C14H13F2NO3/c15-13(16)12-8-19-14(17-12)9-1-3-10(4-2-9)20-11-5-6-18-7-11/h1-4,8,11,13H,5-7H2. The third kappa shape index (κ3) is 2.80. The lowest BCUT2D eigenvalue weighted by molar-refractivity contribution is 0.141. The van der Waals surface area contributed by atoms with Gasteiger partial charge in [0.05, 0.1) is 13.2 Å². The molecule has 0 aliphatic carbocycles. The van der Waals surface area contributed by atoms with Gasteiger partial charge in [-0.15, -0.1) is 0 Å².